The largest absolute Gasteiger partial charge is 0.497 e. The maximum atomic E-state index is 5.71. The predicted molar refractivity (Wildman–Crippen MR) is 379 cm³/mol. The number of rotatable bonds is 38. The van der Waals surface area contributed by atoms with Crippen molar-refractivity contribution in [2.24, 2.45) is 0 Å². The van der Waals surface area contributed by atoms with Crippen LogP contribution in [0.1, 0.15) is 212 Å². The van der Waals surface area contributed by atoms with Crippen molar-refractivity contribution < 1.29 is 18.9 Å². The van der Waals surface area contributed by atoms with Crippen LogP contribution in [0.4, 0.5) is 0 Å². The van der Waals surface area contributed by atoms with E-state index in [2.05, 4.69) is 183 Å². The fourth-order valence-corrected chi connectivity index (χ4v) is 10.2. The van der Waals surface area contributed by atoms with E-state index < -0.39 is 0 Å². The lowest BCUT2D eigenvalue weighted by molar-refractivity contribution is 0.309. The summed E-state index contributed by atoms with van der Waals surface area (Å²) in [5.74, 6) is 3.81. The number of pyridine rings is 4. The summed E-state index contributed by atoms with van der Waals surface area (Å²) in [6.07, 6.45) is 39.4. The monoisotopic (exact) mass is 1220 g/mol. The van der Waals surface area contributed by atoms with Crippen LogP contribution < -0.4 is 18.9 Å². The summed E-state index contributed by atoms with van der Waals surface area (Å²) in [7, 11) is 1.70. The van der Waals surface area contributed by atoms with E-state index in [1.807, 2.05) is 56.0 Å². The highest BCUT2D eigenvalue weighted by Crippen LogP contribution is 2.20. The highest BCUT2D eigenvalue weighted by Gasteiger charge is 2.05. The van der Waals surface area contributed by atoms with Gasteiger partial charge >= 0.3 is 0 Å². The first kappa shape index (κ1) is 73.4. The van der Waals surface area contributed by atoms with Gasteiger partial charge in [0.2, 0.25) is 0 Å². The van der Waals surface area contributed by atoms with Crippen molar-refractivity contribution in [1.82, 2.24) is 19.9 Å². The van der Waals surface area contributed by atoms with Crippen molar-refractivity contribution in [1.29, 1.82) is 0 Å². The quantitative estimate of drug-likeness (QED) is 0.0354. The maximum absolute atomic E-state index is 5.71. The summed E-state index contributed by atoms with van der Waals surface area (Å²) in [5.41, 5.74) is 15.5. The van der Waals surface area contributed by atoms with E-state index in [1.54, 1.807) is 7.11 Å². The van der Waals surface area contributed by atoms with Crippen molar-refractivity contribution in [3.05, 3.63) is 238 Å². The van der Waals surface area contributed by atoms with Gasteiger partial charge in [-0.15, -0.1) is 0 Å². The Bertz CT molecular complexity index is 2930. The SMILES string of the molecule is CCCCCc1ccc(CCc2ccc(OC)cc2)cn1.CCCCCc1ccc(CCc2ccc(OCC)cc2)cn1.CCCCCc1ccc(CCc2ccc(OCCC)cc2)cn1.CCCCCc1ccc(CCc2ccc(OCCCC)cc2)cn1. The first-order valence-corrected chi connectivity index (χ1v) is 34.8. The maximum Gasteiger partial charge on any atom is 0.119 e. The highest BCUT2D eigenvalue weighted by molar-refractivity contribution is 5.32. The van der Waals surface area contributed by atoms with Crippen LogP contribution in [0.2, 0.25) is 0 Å². The van der Waals surface area contributed by atoms with Gasteiger partial charge in [0.05, 0.1) is 26.9 Å². The number of aromatic nitrogens is 4. The molecule has 0 radical (unpaired) electrons. The van der Waals surface area contributed by atoms with Crippen LogP contribution in [0.5, 0.6) is 23.0 Å². The Labute approximate surface area is 545 Å². The number of methoxy groups -OCH3 is 1. The Morgan fingerprint density at radius 3 is 0.733 bits per heavy atom. The second-order valence-corrected chi connectivity index (χ2v) is 23.7. The van der Waals surface area contributed by atoms with Gasteiger partial charge in [-0.25, -0.2) is 0 Å². The van der Waals surface area contributed by atoms with Crippen molar-refractivity contribution in [2.45, 2.75) is 222 Å². The molecule has 0 saturated heterocycles. The first-order valence-electron chi connectivity index (χ1n) is 34.8. The molecule has 0 atom stereocenters. The van der Waals surface area contributed by atoms with E-state index in [0.717, 1.165) is 133 Å². The molecule has 8 aromatic rings. The third-order valence-corrected chi connectivity index (χ3v) is 16.0. The Hall–Kier alpha value is -7.32. The smallest absolute Gasteiger partial charge is 0.119 e. The minimum Gasteiger partial charge on any atom is -0.497 e. The molecule has 4 aromatic carbocycles. The molecular weight excluding hydrogens is 1100 g/mol. The molecule has 0 bridgehead atoms. The molecule has 0 unspecified atom stereocenters. The van der Waals surface area contributed by atoms with Crippen LogP contribution in [-0.4, -0.2) is 46.9 Å². The number of ether oxygens (including phenoxy) is 4. The van der Waals surface area contributed by atoms with Gasteiger partial charge in [-0.2, -0.15) is 0 Å². The zero-order valence-electron chi connectivity index (χ0n) is 56.8. The topological polar surface area (TPSA) is 88.5 Å². The Kier molecular flexibility index (Phi) is 38.1. The van der Waals surface area contributed by atoms with Crippen LogP contribution in [0, 0.1) is 0 Å². The summed E-state index contributed by atoms with van der Waals surface area (Å²) in [4.78, 5) is 18.3. The molecule has 0 amide bonds. The number of nitrogens with zero attached hydrogens (tertiary/aromatic N) is 4. The minimum absolute atomic E-state index is 0.718. The fraction of sp³-hybridized carbons (Fsp3) is 0.463. The molecule has 4 heterocycles. The number of unbranched alkanes of at least 4 members (excludes halogenated alkanes) is 9. The van der Waals surface area contributed by atoms with E-state index in [1.165, 1.54) is 151 Å². The molecule has 484 valence electrons. The minimum atomic E-state index is 0.718. The average Bonchev–Trinajstić information content (AvgIpc) is 3.77. The van der Waals surface area contributed by atoms with E-state index in [9.17, 15) is 0 Å². The summed E-state index contributed by atoms with van der Waals surface area (Å²) >= 11 is 0. The van der Waals surface area contributed by atoms with Crippen molar-refractivity contribution >= 4 is 0 Å². The highest BCUT2D eigenvalue weighted by atomic mass is 16.5. The number of hydrogen-bond donors (Lipinski definition) is 0. The van der Waals surface area contributed by atoms with Gasteiger partial charge in [0.1, 0.15) is 23.0 Å². The zero-order valence-corrected chi connectivity index (χ0v) is 56.8. The van der Waals surface area contributed by atoms with Gasteiger partial charge in [0, 0.05) is 47.6 Å². The Morgan fingerprint density at radius 1 is 0.233 bits per heavy atom. The normalized spacial score (nSPS) is 10.7. The van der Waals surface area contributed by atoms with Crippen LogP contribution in [0.15, 0.2) is 170 Å². The third kappa shape index (κ3) is 31.9. The summed E-state index contributed by atoms with van der Waals surface area (Å²) < 4.78 is 22.0. The van der Waals surface area contributed by atoms with E-state index in [4.69, 9.17) is 18.9 Å². The van der Waals surface area contributed by atoms with Gasteiger partial charge < -0.3 is 18.9 Å². The number of hydrogen-bond acceptors (Lipinski definition) is 8. The van der Waals surface area contributed by atoms with E-state index in [-0.39, 0.29) is 0 Å². The summed E-state index contributed by atoms with van der Waals surface area (Å²) in [6.45, 7) is 17.6. The molecule has 0 N–H and O–H groups in total. The van der Waals surface area contributed by atoms with E-state index >= 15 is 0 Å². The molecule has 8 nitrogen and oxygen atoms in total. The number of aryl methyl sites for hydroxylation is 12. The molecule has 8 rings (SSSR count). The molecule has 8 heteroatoms. The molecule has 0 fully saturated rings. The molecule has 0 saturated carbocycles. The molecule has 0 spiro atoms. The van der Waals surface area contributed by atoms with Crippen molar-refractivity contribution in [3.8, 4) is 23.0 Å². The first-order chi connectivity index (χ1) is 44.3. The van der Waals surface area contributed by atoms with Crippen LogP contribution in [-0.2, 0) is 77.0 Å². The summed E-state index contributed by atoms with van der Waals surface area (Å²) in [6, 6.07) is 51.3. The molecule has 0 aliphatic carbocycles. The zero-order chi connectivity index (χ0) is 63.9. The van der Waals surface area contributed by atoms with Crippen molar-refractivity contribution in [2.75, 3.05) is 26.9 Å². The lowest BCUT2D eigenvalue weighted by atomic mass is 10.0. The number of benzene rings is 4. The predicted octanol–water partition coefficient (Wildman–Crippen LogP) is 20.8. The van der Waals surface area contributed by atoms with Crippen LogP contribution in [0.25, 0.3) is 0 Å². The Morgan fingerprint density at radius 2 is 0.489 bits per heavy atom. The lowest BCUT2D eigenvalue weighted by Crippen LogP contribution is -1.97. The van der Waals surface area contributed by atoms with Crippen LogP contribution >= 0.6 is 0 Å². The van der Waals surface area contributed by atoms with Gasteiger partial charge in [0.25, 0.3) is 0 Å². The summed E-state index contributed by atoms with van der Waals surface area (Å²) in [5, 5.41) is 0. The molecule has 90 heavy (non-hydrogen) atoms. The second-order valence-electron chi connectivity index (χ2n) is 23.7. The van der Waals surface area contributed by atoms with Crippen LogP contribution in [0.3, 0.4) is 0 Å². The van der Waals surface area contributed by atoms with Gasteiger partial charge in [0.15, 0.2) is 0 Å². The second kappa shape index (κ2) is 46.7. The lowest BCUT2D eigenvalue weighted by Gasteiger charge is -2.07. The standard InChI is InChI=1S/C22H31NO.C21H29NO.C20H27NO.C19H25NO/c1-3-5-7-8-21-14-11-20(18-23-21)10-9-19-12-15-22(16-13-19)24-17-6-4-2;1-3-5-6-7-20-13-10-19(17-22-20)9-8-18-11-14-21(15-12-18)23-16-4-2;1-3-5-6-7-19-13-10-18(16-21-19)9-8-17-11-14-20(15-12-17)22-4-2;1-3-4-5-6-18-12-9-17(15-20-18)8-7-16-10-13-19(21-2)14-11-16/h11-16,18H,3-10,17H2,1-2H3;10-15,17H,3-9,16H2,1-2H3;10-16H,3-9H2,1-2H3;9-15H,3-8H2,1-2H3. The fourth-order valence-electron chi connectivity index (χ4n) is 10.2. The molecule has 0 aliphatic rings. The van der Waals surface area contributed by atoms with E-state index in [0.29, 0.717) is 0 Å². The van der Waals surface area contributed by atoms with Gasteiger partial charge in [-0.1, -0.05) is 172 Å². The molecular formula is C82H112N4O4. The van der Waals surface area contributed by atoms with Crippen molar-refractivity contribution in [3.63, 3.8) is 0 Å². The third-order valence-electron chi connectivity index (χ3n) is 16.0. The Balaban J connectivity index is 0.000000218. The van der Waals surface area contributed by atoms with Gasteiger partial charge in [-0.3, -0.25) is 19.9 Å². The van der Waals surface area contributed by atoms with Gasteiger partial charge in [-0.05, 0) is 240 Å². The molecule has 0 aliphatic heterocycles. The molecule has 4 aromatic heterocycles. The average molecular weight is 1220 g/mol.